The molecule has 2 amide bonds. The lowest BCUT2D eigenvalue weighted by Crippen LogP contribution is -2.37. The number of hydrogen-bond acceptors (Lipinski definition) is 4. The van der Waals surface area contributed by atoms with Gasteiger partial charge in [-0.05, 0) is 57.4 Å². The lowest BCUT2D eigenvalue weighted by molar-refractivity contribution is -0.139. The number of nitrogens with zero attached hydrogens (tertiary/aromatic N) is 1. The van der Waals surface area contributed by atoms with Gasteiger partial charge in [0.05, 0.1) is 15.7 Å². The van der Waals surface area contributed by atoms with Crippen molar-refractivity contribution < 1.29 is 18.7 Å². The smallest absolute Gasteiger partial charge is 0.329 e. The van der Waals surface area contributed by atoms with Crippen LogP contribution in [0, 0.1) is 5.82 Å². The number of carbonyl (C=O) groups is 2. The molecule has 9 heteroatoms. The van der Waals surface area contributed by atoms with E-state index in [1.54, 1.807) is 24.3 Å². The van der Waals surface area contributed by atoms with Crippen molar-refractivity contribution in [2.45, 2.75) is 13.2 Å². The van der Waals surface area contributed by atoms with Crippen LogP contribution < -0.4 is 15.5 Å². The van der Waals surface area contributed by atoms with Crippen LogP contribution in [0.2, 0.25) is 5.02 Å². The first-order chi connectivity index (χ1) is 15.4. The minimum atomic E-state index is -0.877. The molecule has 0 heterocycles. The Labute approximate surface area is 197 Å². The maximum absolute atomic E-state index is 13.9. The molecule has 2 N–H and O–H groups in total. The van der Waals surface area contributed by atoms with E-state index < -0.39 is 17.6 Å². The normalized spacial score (nSPS) is 10.7. The average Bonchev–Trinajstić information content (AvgIpc) is 2.79. The molecule has 0 saturated heterocycles. The fraction of sp³-hybridized carbons (Fsp3) is 0.0870. The van der Waals surface area contributed by atoms with E-state index in [2.05, 4.69) is 31.8 Å². The van der Waals surface area contributed by atoms with Crippen LogP contribution in [0.4, 0.5) is 4.39 Å². The van der Waals surface area contributed by atoms with Gasteiger partial charge in [-0.25, -0.2) is 9.82 Å². The first-order valence-corrected chi connectivity index (χ1v) is 10.6. The number of halogens is 3. The van der Waals surface area contributed by atoms with E-state index in [1.165, 1.54) is 18.3 Å². The van der Waals surface area contributed by atoms with Crippen LogP contribution in [0.3, 0.4) is 0 Å². The summed E-state index contributed by atoms with van der Waals surface area (Å²) in [6.45, 7) is 0.203. The van der Waals surface area contributed by atoms with Gasteiger partial charge < -0.3 is 10.1 Å². The molecule has 0 saturated carbocycles. The number of carbonyl (C=O) groups excluding carboxylic acids is 2. The number of benzene rings is 3. The molecule has 0 aromatic heterocycles. The minimum Gasteiger partial charge on any atom is -0.488 e. The van der Waals surface area contributed by atoms with Gasteiger partial charge in [0.25, 0.3) is 0 Å². The number of nitrogens with one attached hydrogen (secondary N) is 2. The highest BCUT2D eigenvalue weighted by molar-refractivity contribution is 9.10. The number of hydrazone groups is 1. The molecule has 0 atom stereocenters. The van der Waals surface area contributed by atoms with Crippen LogP contribution in [0.15, 0.2) is 76.3 Å². The van der Waals surface area contributed by atoms with Gasteiger partial charge >= 0.3 is 11.8 Å². The van der Waals surface area contributed by atoms with Crippen LogP contribution in [0.5, 0.6) is 5.75 Å². The van der Waals surface area contributed by atoms with Crippen LogP contribution in [-0.2, 0) is 22.7 Å². The van der Waals surface area contributed by atoms with Crippen LogP contribution in [0.25, 0.3) is 0 Å². The Morgan fingerprint density at radius 3 is 2.56 bits per heavy atom. The molecular weight excluding hydrogens is 501 g/mol. The molecule has 164 valence electrons. The lowest BCUT2D eigenvalue weighted by Gasteiger charge is -2.10. The Morgan fingerprint density at radius 1 is 1.06 bits per heavy atom. The zero-order chi connectivity index (χ0) is 22.9. The summed E-state index contributed by atoms with van der Waals surface area (Å²) in [5, 5.41) is 6.59. The largest absolute Gasteiger partial charge is 0.488 e. The molecule has 6 nitrogen and oxygen atoms in total. The summed E-state index contributed by atoms with van der Waals surface area (Å²) >= 11 is 9.38. The van der Waals surface area contributed by atoms with E-state index in [4.69, 9.17) is 16.3 Å². The highest BCUT2D eigenvalue weighted by atomic mass is 79.9. The zero-order valence-corrected chi connectivity index (χ0v) is 19.0. The second kappa shape index (κ2) is 11.4. The molecule has 0 bridgehead atoms. The standard InChI is InChI=1S/C23H18BrClFN3O3/c24-18-11-16(9-10-21(18)32-14-17-19(25)7-4-8-20(17)26)13-28-29-23(31)22(30)27-12-15-5-2-1-3-6-15/h1-11,13H,12,14H2,(H,27,30)(H,29,31)/b28-13-. The number of ether oxygens (including phenoxy) is 1. The number of amides is 2. The molecule has 0 unspecified atom stereocenters. The Bertz CT molecular complexity index is 1120. The summed E-state index contributed by atoms with van der Waals surface area (Å²) in [5.74, 6) is -1.63. The molecule has 32 heavy (non-hydrogen) atoms. The Kier molecular flexibility index (Phi) is 8.35. The highest BCUT2D eigenvalue weighted by Crippen LogP contribution is 2.28. The fourth-order valence-corrected chi connectivity index (χ4v) is 3.34. The van der Waals surface area contributed by atoms with E-state index in [1.807, 2.05) is 30.3 Å². The number of rotatable bonds is 7. The second-order valence-electron chi connectivity index (χ2n) is 6.55. The molecule has 0 radical (unpaired) electrons. The van der Waals surface area contributed by atoms with Gasteiger partial charge in [0.1, 0.15) is 18.2 Å². The third-order valence-corrected chi connectivity index (χ3v) is 5.25. The topological polar surface area (TPSA) is 79.8 Å². The van der Waals surface area contributed by atoms with Crippen molar-refractivity contribution in [1.29, 1.82) is 0 Å². The zero-order valence-electron chi connectivity index (χ0n) is 16.6. The maximum atomic E-state index is 13.9. The van der Waals surface area contributed by atoms with Crippen molar-refractivity contribution in [3.63, 3.8) is 0 Å². The Hall–Kier alpha value is -3.23. The third-order valence-electron chi connectivity index (χ3n) is 4.27. The van der Waals surface area contributed by atoms with Crippen LogP contribution >= 0.6 is 27.5 Å². The van der Waals surface area contributed by atoms with Crippen LogP contribution in [-0.4, -0.2) is 18.0 Å². The lowest BCUT2D eigenvalue weighted by atomic mass is 10.2. The fourth-order valence-electron chi connectivity index (χ4n) is 2.61. The van der Waals surface area contributed by atoms with E-state index >= 15 is 0 Å². The molecule has 0 aliphatic carbocycles. The van der Waals surface area contributed by atoms with Crippen molar-refractivity contribution in [3.8, 4) is 5.75 Å². The summed E-state index contributed by atoms with van der Waals surface area (Å²) in [6, 6.07) is 18.7. The summed E-state index contributed by atoms with van der Waals surface area (Å²) in [7, 11) is 0. The first-order valence-electron chi connectivity index (χ1n) is 9.44. The molecule has 0 aliphatic heterocycles. The predicted molar refractivity (Wildman–Crippen MR) is 124 cm³/mol. The van der Waals surface area contributed by atoms with E-state index in [9.17, 15) is 14.0 Å². The quantitative estimate of drug-likeness (QED) is 0.273. The molecule has 0 fully saturated rings. The van der Waals surface area contributed by atoms with Crippen molar-refractivity contribution in [2.75, 3.05) is 0 Å². The van der Waals surface area contributed by atoms with Crippen molar-refractivity contribution in [2.24, 2.45) is 5.10 Å². The summed E-state index contributed by atoms with van der Waals surface area (Å²) in [4.78, 5) is 23.7. The van der Waals surface area contributed by atoms with Gasteiger partial charge in [-0.3, -0.25) is 9.59 Å². The summed E-state index contributed by atoms with van der Waals surface area (Å²) in [5.41, 5.74) is 3.95. The summed E-state index contributed by atoms with van der Waals surface area (Å²) < 4.78 is 20.1. The summed E-state index contributed by atoms with van der Waals surface area (Å²) in [6.07, 6.45) is 1.38. The minimum absolute atomic E-state index is 0.0360. The van der Waals surface area contributed by atoms with Crippen LogP contribution in [0.1, 0.15) is 16.7 Å². The Balaban J connectivity index is 1.51. The van der Waals surface area contributed by atoms with Crippen molar-refractivity contribution >= 4 is 45.6 Å². The van der Waals surface area contributed by atoms with Gasteiger partial charge in [-0.1, -0.05) is 48.0 Å². The Morgan fingerprint density at radius 2 is 1.84 bits per heavy atom. The van der Waals surface area contributed by atoms with Gasteiger partial charge in [0.15, 0.2) is 0 Å². The highest BCUT2D eigenvalue weighted by Gasteiger charge is 2.12. The maximum Gasteiger partial charge on any atom is 0.329 e. The van der Waals surface area contributed by atoms with Gasteiger partial charge in [0, 0.05) is 12.1 Å². The molecule has 3 aromatic carbocycles. The first kappa shape index (κ1) is 23.4. The third kappa shape index (κ3) is 6.63. The number of hydrogen-bond donors (Lipinski definition) is 2. The van der Waals surface area contributed by atoms with Crippen molar-refractivity contribution in [3.05, 3.63) is 98.7 Å². The predicted octanol–water partition coefficient (Wildman–Crippen LogP) is 4.59. The van der Waals surface area contributed by atoms with E-state index in [0.717, 1.165) is 5.56 Å². The average molecular weight is 519 g/mol. The monoisotopic (exact) mass is 517 g/mol. The van der Waals surface area contributed by atoms with Gasteiger partial charge in [-0.2, -0.15) is 5.10 Å². The SMILES string of the molecule is O=C(NCc1ccccc1)C(=O)N/N=C\c1ccc(OCc2c(F)cccc2Cl)c(Br)c1. The molecule has 3 rings (SSSR count). The molecule has 3 aromatic rings. The second-order valence-corrected chi connectivity index (χ2v) is 7.81. The van der Waals surface area contributed by atoms with Crippen molar-refractivity contribution in [1.82, 2.24) is 10.7 Å². The van der Waals surface area contributed by atoms with E-state index in [-0.39, 0.29) is 23.7 Å². The van der Waals surface area contributed by atoms with Gasteiger partial charge in [0.2, 0.25) is 0 Å². The molecule has 0 aliphatic rings. The van der Waals surface area contributed by atoms with Gasteiger partial charge in [-0.15, -0.1) is 0 Å². The van der Waals surface area contributed by atoms with E-state index in [0.29, 0.717) is 15.8 Å². The molecular formula is C23H18BrClFN3O3. The molecule has 0 spiro atoms.